The fraction of sp³-hybridized carbons (Fsp3) is 0.357. The molecule has 1 aromatic carbocycles. The average molecular weight is 248 g/mol. The number of benzene rings is 1. The lowest BCUT2D eigenvalue weighted by Crippen LogP contribution is -2.17. The van der Waals surface area contributed by atoms with Crippen LogP contribution in [-0.2, 0) is 7.05 Å². The Morgan fingerprint density at radius 2 is 2.06 bits per heavy atom. The molecular formula is C14H17FN2O. The Balaban J connectivity index is 2.76. The van der Waals surface area contributed by atoms with Crippen LogP contribution >= 0.6 is 0 Å². The van der Waals surface area contributed by atoms with Gasteiger partial charge in [0.25, 0.3) is 5.91 Å². The number of hydrogen-bond acceptors (Lipinski definition) is 1. The molecule has 1 heterocycles. The number of nitrogens with one attached hydrogen (secondary N) is 1. The summed E-state index contributed by atoms with van der Waals surface area (Å²) in [6.45, 7) is 3.87. The molecule has 96 valence electrons. The van der Waals surface area contributed by atoms with E-state index in [4.69, 9.17) is 0 Å². The van der Waals surface area contributed by atoms with E-state index < -0.39 is 0 Å². The summed E-state index contributed by atoms with van der Waals surface area (Å²) in [5.74, 6) is -0.281. The van der Waals surface area contributed by atoms with Crippen LogP contribution in [0.3, 0.4) is 0 Å². The van der Waals surface area contributed by atoms with E-state index in [1.165, 1.54) is 6.07 Å². The maximum atomic E-state index is 13.9. The van der Waals surface area contributed by atoms with Crippen LogP contribution in [0, 0.1) is 5.82 Å². The molecule has 2 rings (SSSR count). The van der Waals surface area contributed by atoms with E-state index in [1.807, 2.05) is 20.9 Å². The number of aryl methyl sites for hydroxylation is 1. The van der Waals surface area contributed by atoms with Crippen LogP contribution in [-0.4, -0.2) is 17.5 Å². The van der Waals surface area contributed by atoms with Crippen LogP contribution in [0.25, 0.3) is 10.9 Å². The fourth-order valence-electron chi connectivity index (χ4n) is 2.18. The van der Waals surface area contributed by atoms with Crippen molar-refractivity contribution in [3.63, 3.8) is 0 Å². The number of aromatic nitrogens is 1. The van der Waals surface area contributed by atoms with Gasteiger partial charge in [-0.3, -0.25) is 4.79 Å². The maximum absolute atomic E-state index is 13.9. The molecule has 1 amide bonds. The number of halogens is 1. The molecule has 0 aliphatic rings. The predicted octanol–water partition coefficient (Wildman–Crippen LogP) is 2.80. The molecule has 1 N–H and O–H groups in total. The van der Waals surface area contributed by atoms with Crippen molar-refractivity contribution in [1.29, 1.82) is 0 Å². The monoisotopic (exact) mass is 248 g/mol. The highest BCUT2D eigenvalue weighted by Gasteiger charge is 2.16. The van der Waals surface area contributed by atoms with E-state index in [9.17, 15) is 9.18 Å². The second-order valence-corrected chi connectivity index (χ2v) is 4.78. The van der Waals surface area contributed by atoms with Gasteiger partial charge in [-0.2, -0.15) is 0 Å². The first-order valence-electron chi connectivity index (χ1n) is 5.96. The van der Waals surface area contributed by atoms with Gasteiger partial charge in [-0.05, 0) is 23.6 Å². The number of amides is 1. The minimum absolute atomic E-state index is 0.0899. The minimum atomic E-state index is -0.220. The molecule has 0 fully saturated rings. The van der Waals surface area contributed by atoms with Crippen LogP contribution in [0.15, 0.2) is 18.3 Å². The Morgan fingerprint density at radius 1 is 1.39 bits per heavy atom. The first kappa shape index (κ1) is 12.6. The lowest BCUT2D eigenvalue weighted by atomic mass is 9.99. The first-order chi connectivity index (χ1) is 8.45. The molecule has 0 aliphatic heterocycles. The molecule has 0 aliphatic carbocycles. The van der Waals surface area contributed by atoms with Crippen molar-refractivity contribution in [3.8, 4) is 0 Å². The standard InChI is InChI=1S/C14H17FN2O/c1-8(2)9-5-10-11(14(18)16-3)7-17(4)13(10)6-12(9)15/h5-8H,1-4H3,(H,16,18). The molecular weight excluding hydrogens is 231 g/mol. The summed E-state index contributed by atoms with van der Waals surface area (Å²) < 4.78 is 15.7. The van der Waals surface area contributed by atoms with E-state index in [-0.39, 0.29) is 17.6 Å². The van der Waals surface area contributed by atoms with E-state index in [0.717, 1.165) is 10.9 Å². The van der Waals surface area contributed by atoms with Gasteiger partial charge in [-0.15, -0.1) is 0 Å². The summed E-state index contributed by atoms with van der Waals surface area (Å²) in [4.78, 5) is 11.8. The van der Waals surface area contributed by atoms with Gasteiger partial charge < -0.3 is 9.88 Å². The molecule has 0 unspecified atom stereocenters. The zero-order valence-electron chi connectivity index (χ0n) is 11.0. The van der Waals surface area contributed by atoms with Crippen molar-refractivity contribution in [1.82, 2.24) is 9.88 Å². The Morgan fingerprint density at radius 3 is 2.61 bits per heavy atom. The molecule has 3 nitrogen and oxygen atoms in total. The predicted molar refractivity (Wildman–Crippen MR) is 70.4 cm³/mol. The molecule has 18 heavy (non-hydrogen) atoms. The summed E-state index contributed by atoms with van der Waals surface area (Å²) in [5, 5.41) is 3.40. The summed E-state index contributed by atoms with van der Waals surface area (Å²) in [6, 6.07) is 3.27. The minimum Gasteiger partial charge on any atom is -0.355 e. The van der Waals surface area contributed by atoms with E-state index in [1.54, 1.807) is 23.9 Å². The quantitative estimate of drug-likeness (QED) is 0.871. The summed E-state index contributed by atoms with van der Waals surface area (Å²) in [5.41, 5.74) is 1.95. The van der Waals surface area contributed by atoms with Crippen molar-refractivity contribution in [2.45, 2.75) is 19.8 Å². The molecule has 2 aromatic rings. The van der Waals surface area contributed by atoms with Gasteiger partial charge >= 0.3 is 0 Å². The third-order valence-corrected chi connectivity index (χ3v) is 3.20. The van der Waals surface area contributed by atoms with Crippen molar-refractivity contribution < 1.29 is 9.18 Å². The third kappa shape index (κ3) is 1.88. The van der Waals surface area contributed by atoms with Gasteiger partial charge in [-0.1, -0.05) is 13.8 Å². The van der Waals surface area contributed by atoms with E-state index >= 15 is 0 Å². The van der Waals surface area contributed by atoms with Gasteiger partial charge in [-0.25, -0.2) is 4.39 Å². The third-order valence-electron chi connectivity index (χ3n) is 3.20. The summed E-state index contributed by atoms with van der Waals surface area (Å²) in [6.07, 6.45) is 1.73. The molecule has 0 atom stereocenters. The van der Waals surface area contributed by atoms with Crippen molar-refractivity contribution >= 4 is 16.8 Å². The highest BCUT2D eigenvalue weighted by atomic mass is 19.1. The second kappa shape index (κ2) is 4.44. The SMILES string of the molecule is CNC(=O)c1cn(C)c2cc(F)c(C(C)C)cc12. The van der Waals surface area contributed by atoms with Crippen LogP contribution in [0.4, 0.5) is 4.39 Å². The normalized spacial score (nSPS) is 11.2. The zero-order chi connectivity index (χ0) is 13.4. The Labute approximate surface area is 106 Å². The molecule has 0 saturated carbocycles. The Kier molecular flexibility index (Phi) is 3.11. The molecule has 1 aromatic heterocycles. The van der Waals surface area contributed by atoms with Gasteiger partial charge in [0.15, 0.2) is 0 Å². The van der Waals surface area contributed by atoms with Gasteiger partial charge in [0.05, 0.1) is 11.1 Å². The summed E-state index contributed by atoms with van der Waals surface area (Å²) >= 11 is 0. The molecule has 0 spiro atoms. The smallest absolute Gasteiger partial charge is 0.253 e. The number of carbonyl (C=O) groups is 1. The fourth-order valence-corrected chi connectivity index (χ4v) is 2.18. The van der Waals surface area contributed by atoms with Crippen LogP contribution in [0.5, 0.6) is 0 Å². The topological polar surface area (TPSA) is 34.0 Å². The molecule has 4 heteroatoms. The van der Waals surface area contributed by atoms with Crippen LogP contribution < -0.4 is 5.32 Å². The Bertz CT molecular complexity index is 614. The van der Waals surface area contributed by atoms with Gasteiger partial charge in [0, 0.05) is 25.7 Å². The van der Waals surface area contributed by atoms with Crippen molar-refractivity contribution in [3.05, 3.63) is 35.3 Å². The van der Waals surface area contributed by atoms with E-state index in [2.05, 4.69) is 5.32 Å². The lowest BCUT2D eigenvalue weighted by molar-refractivity contribution is 0.0964. The second-order valence-electron chi connectivity index (χ2n) is 4.78. The highest BCUT2D eigenvalue weighted by molar-refractivity contribution is 6.07. The molecule has 0 bridgehead atoms. The number of hydrogen-bond donors (Lipinski definition) is 1. The number of carbonyl (C=O) groups excluding carboxylic acids is 1. The number of nitrogens with zero attached hydrogens (tertiary/aromatic N) is 1. The Hall–Kier alpha value is -1.84. The highest BCUT2D eigenvalue weighted by Crippen LogP contribution is 2.28. The van der Waals surface area contributed by atoms with Gasteiger partial charge in [0.1, 0.15) is 5.82 Å². The molecule has 0 saturated heterocycles. The maximum Gasteiger partial charge on any atom is 0.253 e. The molecule has 0 radical (unpaired) electrons. The van der Waals surface area contributed by atoms with Crippen molar-refractivity contribution in [2.24, 2.45) is 7.05 Å². The number of rotatable bonds is 2. The average Bonchev–Trinajstić information content (AvgIpc) is 2.64. The van der Waals surface area contributed by atoms with Crippen molar-refractivity contribution in [2.75, 3.05) is 7.05 Å². The number of fused-ring (bicyclic) bond motifs is 1. The van der Waals surface area contributed by atoms with E-state index in [0.29, 0.717) is 11.1 Å². The van der Waals surface area contributed by atoms with Crippen LogP contribution in [0.2, 0.25) is 0 Å². The summed E-state index contributed by atoms with van der Waals surface area (Å²) in [7, 11) is 3.40. The largest absolute Gasteiger partial charge is 0.355 e. The lowest BCUT2D eigenvalue weighted by Gasteiger charge is -2.08. The first-order valence-corrected chi connectivity index (χ1v) is 5.96. The van der Waals surface area contributed by atoms with Gasteiger partial charge in [0.2, 0.25) is 0 Å². The van der Waals surface area contributed by atoms with Crippen LogP contribution in [0.1, 0.15) is 35.7 Å². The zero-order valence-corrected chi connectivity index (χ0v) is 11.0.